The second-order valence-corrected chi connectivity index (χ2v) is 7.73. The second-order valence-electron chi connectivity index (χ2n) is 6.05. The zero-order chi connectivity index (χ0) is 20.1. The molecule has 0 aliphatic carbocycles. The molecule has 1 heterocycles. The molecule has 0 saturated carbocycles. The van der Waals surface area contributed by atoms with Gasteiger partial charge in [0.25, 0.3) is 10.0 Å². The molecule has 0 aliphatic rings. The Kier molecular flexibility index (Phi) is 5.70. The van der Waals surface area contributed by atoms with E-state index in [1.807, 2.05) is 31.2 Å². The minimum atomic E-state index is -3.82. The van der Waals surface area contributed by atoms with Crippen LogP contribution in [0.3, 0.4) is 0 Å². The molecule has 3 rings (SSSR count). The van der Waals surface area contributed by atoms with E-state index in [4.69, 9.17) is 9.47 Å². The molecule has 3 aromatic rings. The Hall–Kier alpha value is -3.26. The molecule has 8 heteroatoms. The second kappa shape index (κ2) is 8.18. The quantitative estimate of drug-likeness (QED) is 0.625. The molecule has 28 heavy (non-hydrogen) atoms. The first-order valence-corrected chi connectivity index (χ1v) is 9.94. The monoisotopic (exact) mass is 399 g/mol. The highest BCUT2D eigenvalue weighted by molar-refractivity contribution is 7.92. The standard InChI is InChI=1S/C20H21N3O4S/c1-14-5-4-6-15(11-14)22-16-7-10-20(21-13-16)23-28(24,25)17-8-9-18(26-2)19(12-17)27-3/h4-13,22H,1-3H3,(H,21,23). The summed E-state index contributed by atoms with van der Waals surface area (Å²) in [5.41, 5.74) is 2.82. The van der Waals surface area contributed by atoms with E-state index in [0.717, 1.165) is 16.9 Å². The highest BCUT2D eigenvalue weighted by Crippen LogP contribution is 2.30. The molecule has 1 aromatic heterocycles. The summed E-state index contributed by atoms with van der Waals surface area (Å²) in [6.45, 7) is 2.01. The maximum Gasteiger partial charge on any atom is 0.263 e. The Bertz CT molecular complexity index is 1070. The lowest BCUT2D eigenvalue weighted by Gasteiger charge is -2.12. The molecule has 2 aromatic carbocycles. The van der Waals surface area contributed by atoms with E-state index in [1.54, 1.807) is 18.3 Å². The van der Waals surface area contributed by atoms with Gasteiger partial charge >= 0.3 is 0 Å². The summed E-state index contributed by atoms with van der Waals surface area (Å²) in [6, 6.07) is 15.6. The molecule has 0 fully saturated rings. The first-order chi connectivity index (χ1) is 13.4. The summed E-state index contributed by atoms with van der Waals surface area (Å²) in [6.07, 6.45) is 1.56. The van der Waals surface area contributed by atoms with Crippen LogP contribution in [-0.4, -0.2) is 27.6 Å². The van der Waals surface area contributed by atoms with Gasteiger partial charge in [-0.3, -0.25) is 4.72 Å². The number of ether oxygens (including phenoxy) is 2. The highest BCUT2D eigenvalue weighted by atomic mass is 32.2. The fourth-order valence-electron chi connectivity index (χ4n) is 2.60. The van der Waals surface area contributed by atoms with E-state index in [1.165, 1.54) is 32.4 Å². The number of aromatic nitrogens is 1. The van der Waals surface area contributed by atoms with Gasteiger partial charge in [-0.15, -0.1) is 0 Å². The van der Waals surface area contributed by atoms with E-state index in [2.05, 4.69) is 15.0 Å². The molecule has 146 valence electrons. The van der Waals surface area contributed by atoms with Gasteiger partial charge in [0, 0.05) is 11.8 Å². The van der Waals surface area contributed by atoms with E-state index in [9.17, 15) is 8.42 Å². The number of nitrogens with one attached hydrogen (secondary N) is 2. The minimum absolute atomic E-state index is 0.0499. The Morgan fingerprint density at radius 1 is 0.893 bits per heavy atom. The number of rotatable bonds is 7. The van der Waals surface area contributed by atoms with Crippen molar-refractivity contribution in [3.05, 3.63) is 66.4 Å². The first kappa shape index (κ1) is 19.5. The number of hydrogen-bond acceptors (Lipinski definition) is 6. The van der Waals surface area contributed by atoms with Crippen LogP contribution in [-0.2, 0) is 10.0 Å². The van der Waals surface area contributed by atoms with Gasteiger partial charge in [0.1, 0.15) is 5.82 Å². The predicted molar refractivity (Wildman–Crippen MR) is 109 cm³/mol. The SMILES string of the molecule is COc1ccc(S(=O)(=O)Nc2ccc(Nc3cccc(C)c3)cn2)cc1OC. The lowest BCUT2D eigenvalue weighted by atomic mass is 10.2. The van der Waals surface area contributed by atoms with Crippen molar-refractivity contribution in [3.63, 3.8) is 0 Å². The van der Waals surface area contributed by atoms with Gasteiger partial charge in [0.15, 0.2) is 11.5 Å². The third-order valence-corrected chi connectivity index (χ3v) is 5.33. The average Bonchev–Trinajstić information content (AvgIpc) is 2.68. The van der Waals surface area contributed by atoms with Crippen LogP contribution >= 0.6 is 0 Å². The van der Waals surface area contributed by atoms with E-state index in [-0.39, 0.29) is 10.7 Å². The fourth-order valence-corrected chi connectivity index (χ4v) is 3.62. The van der Waals surface area contributed by atoms with Crippen LogP contribution in [0.4, 0.5) is 17.2 Å². The molecule has 0 spiro atoms. The molecular formula is C20H21N3O4S. The van der Waals surface area contributed by atoms with Gasteiger partial charge in [-0.05, 0) is 48.9 Å². The van der Waals surface area contributed by atoms with Gasteiger partial charge in [-0.1, -0.05) is 12.1 Å². The molecule has 0 amide bonds. The minimum Gasteiger partial charge on any atom is -0.493 e. The van der Waals surface area contributed by atoms with Crippen molar-refractivity contribution in [2.24, 2.45) is 0 Å². The molecule has 7 nitrogen and oxygen atoms in total. The third kappa shape index (κ3) is 4.52. The predicted octanol–water partition coefficient (Wildman–Crippen LogP) is 3.95. The van der Waals surface area contributed by atoms with Crippen LogP contribution in [0.25, 0.3) is 0 Å². The van der Waals surface area contributed by atoms with Crippen molar-refractivity contribution in [1.29, 1.82) is 0 Å². The van der Waals surface area contributed by atoms with Crippen LogP contribution in [0, 0.1) is 6.92 Å². The first-order valence-electron chi connectivity index (χ1n) is 8.46. The van der Waals surface area contributed by atoms with Crippen LogP contribution in [0.2, 0.25) is 0 Å². The van der Waals surface area contributed by atoms with E-state index < -0.39 is 10.0 Å². The van der Waals surface area contributed by atoms with Crippen LogP contribution in [0.5, 0.6) is 11.5 Å². The van der Waals surface area contributed by atoms with Gasteiger partial charge in [0.2, 0.25) is 0 Å². The Morgan fingerprint density at radius 2 is 1.68 bits per heavy atom. The molecule has 0 atom stereocenters. The lowest BCUT2D eigenvalue weighted by molar-refractivity contribution is 0.354. The van der Waals surface area contributed by atoms with Crippen molar-refractivity contribution in [1.82, 2.24) is 4.98 Å². The number of sulfonamides is 1. The summed E-state index contributed by atoms with van der Waals surface area (Å²) in [5.74, 6) is 0.992. The van der Waals surface area contributed by atoms with Gasteiger partial charge in [-0.2, -0.15) is 0 Å². The molecule has 0 aliphatic heterocycles. The Morgan fingerprint density at radius 3 is 2.32 bits per heavy atom. The van der Waals surface area contributed by atoms with Crippen molar-refractivity contribution < 1.29 is 17.9 Å². The number of hydrogen-bond donors (Lipinski definition) is 2. The molecule has 0 bridgehead atoms. The molecule has 0 radical (unpaired) electrons. The topological polar surface area (TPSA) is 89.6 Å². The normalized spacial score (nSPS) is 11.0. The Labute approximate surface area is 164 Å². The summed E-state index contributed by atoms with van der Waals surface area (Å²) in [7, 11) is -0.882. The van der Waals surface area contributed by atoms with E-state index >= 15 is 0 Å². The van der Waals surface area contributed by atoms with Crippen molar-refractivity contribution in [2.45, 2.75) is 11.8 Å². The third-order valence-electron chi connectivity index (χ3n) is 3.97. The van der Waals surface area contributed by atoms with Crippen LogP contribution < -0.4 is 19.5 Å². The van der Waals surface area contributed by atoms with Gasteiger partial charge < -0.3 is 14.8 Å². The van der Waals surface area contributed by atoms with Crippen LogP contribution in [0.15, 0.2) is 65.7 Å². The largest absolute Gasteiger partial charge is 0.493 e. The maximum absolute atomic E-state index is 12.6. The zero-order valence-electron chi connectivity index (χ0n) is 15.8. The smallest absolute Gasteiger partial charge is 0.263 e. The number of pyridine rings is 1. The number of anilines is 3. The Balaban J connectivity index is 1.75. The molecular weight excluding hydrogens is 378 g/mol. The van der Waals surface area contributed by atoms with E-state index in [0.29, 0.717) is 11.5 Å². The number of methoxy groups -OCH3 is 2. The highest BCUT2D eigenvalue weighted by Gasteiger charge is 2.17. The van der Waals surface area contributed by atoms with Crippen molar-refractivity contribution in [2.75, 3.05) is 24.3 Å². The van der Waals surface area contributed by atoms with Crippen LogP contribution in [0.1, 0.15) is 5.56 Å². The fraction of sp³-hybridized carbons (Fsp3) is 0.150. The molecule has 2 N–H and O–H groups in total. The molecule has 0 unspecified atom stereocenters. The molecule has 0 saturated heterocycles. The number of aryl methyl sites for hydroxylation is 1. The number of benzene rings is 2. The summed E-state index contributed by atoms with van der Waals surface area (Å²) in [4.78, 5) is 4.23. The van der Waals surface area contributed by atoms with Gasteiger partial charge in [-0.25, -0.2) is 13.4 Å². The summed E-state index contributed by atoms with van der Waals surface area (Å²) >= 11 is 0. The lowest BCUT2D eigenvalue weighted by Crippen LogP contribution is -2.14. The summed E-state index contributed by atoms with van der Waals surface area (Å²) < 4.78 is 38.0. The maximum atomic E-state index is 12.6. The number of nitrogens with zero attached hydrogens (tertiary/aromatic N) is 1. The van der Waals surface area contributed by atoms with Crippen molar-refractivity contribution in [3.8, 4) is 11.5 Å². The van der Waals surface area contributed by atoms with Crippen molar-refractivity contribution >= 4 is 27.2 Å². The summed E-state index contributed by atoms with van der Waals surface area (Å²) in [5, 5.41) is 3.22. The zero-order valence-corrected chi connectivity index (χ0v) is 16.6. The average molecular weight is 399 g/mol. The van der Waals surface area contributed by atoms with Gasteiger partial charge in [0.05, 0.1) is 31.0 Å².